The quantitative estimate of drug-likeness (QED) is 0.308. The van der Waals surface area contributed by atoms with E-state index < -0.39 is 0 Å². The third-order valence-corrected chi connectivity index (χ3v) is 4.71. The monoisotopic (exact) mass is 372 g/mol. The summed E-state index contributed by atoms with van der Waals surface area (Å²) in [6.45, 7) is 1.97. The highest BCUT2D eigenvalue weighted by atomic mass is 32.1. The van der Waals surface area contributed by atoms with E-state index in [4.69, 9.17) is 5.73 Å². The van der Waals surface area contributed by atoms with Crippen LogP contribution in [0.5, 0.6) is 0 Å². The molecule has 27 heavy (non-hydrogen) atoms. The van der Waals surface area contributed by atoms with Gasteiger partial charge >= 0.3 is 0 Å². The maximum Gasteiger partial charge on any atom is 0.229 e. The highest BCUT2D eigenvalue weighted by Gasteiger charge is 2.04. The zero-order chi connectivity index (χ0) is 18.6. The molecule has 6 nitrogen and oxygen atoms in total. The van der Waals surface area contributed by atoms with Crippen LogP contribution in [0, 0.1) is 6.92 Å². The number of thiazole rings is 1. The number of aryl methyl sites for hydroxylation is 1. The molecule has 0 aliphatic heterocycles. The van der Waals surface area contributed by atoms with E-state index in [1.54, 1.807) is 6.20 Å². The lowest BCUT2D eigenvalue weighted by Gasteiger charge is -2.04. The largest absolute Gasteiger partial charge is 0.398 e. The second-order valence-electron chi connectivity index (χ2n) is 5.90. The molecule has 2 N–H and O–H groups in total. The minimum atomic E-state index is 0.631. The number of hydrogen-bond donors (Lipinski definition) is 1. The van der Waals surface area contributed by atoms with Gasteiger partial charge in [0.05, 0.1) is 17.1 Å². The molecule has 1 heterocycles. The topological polar surface area (TPSA) is 88.3 Å². The molecule has 3 aromatic carbocycles. The molecule has 4 rings (SSSR count). The lowest BCUT2D eigenvalue weighted by atomic mass is 10.1. The summed E-state index contributed by atoms with van der Waals surface area (Å²) in [5.74, 6) is 0. The summed E-state index contributed by atoms with van der Waals surface area (Å²) < 4.78 is 0. The first-order valence-electron chi connectivity index (χ1n) is 8.31. The van der Waals surface area contributed by atoms with E-state index in [1.165, 1.54) is 11.3 Å². The van der Waals surface area contributed by atoms with Crippen LogP contribution in [0.4, 0.5) is 27.9 Å². The smallest absolute Gasteiger partial charge is 0.229 e. The number of hydrogen-bond acceptors (Lipinski definition) is 7. The molecule has 0 radical (unpaired) electrons. The molecule has 7 heteroatoms. The van der Waals surface area contributed by atoms with E-state index in [0.717, 1.165) is 39.1 Å². The number of nitrogen functional groups attached to an aromatic ring is 1. The van der Waals surface area contributed by atoms with Crippen LogP contribution in [0.15, 0.2) is 86.6 Å². The third-order valence-electron chi connectivity index (χ3n) is 4.05. The predicted octanol–water partition coefficient (Wildman–Crippen LogP) is 7.02. The second-order valence-corrected chi connectivity index (χ2v) is 6.78. The van der Waals surface area contributed by atoms with Gasteiger partial charge in [0.25, 0.3) is 0 Å². The van der Waals surface area contributed by atoms with Crippen LogP contribution in [-0.2, 0) is 0 Å². The van der Waals surface area contributed by atoms with Crippen LogP contribution in [-0.4, -0.2) is 4.98 Å². The first kappa shape index (κ1) is 17.0. The van der Waals surface area contributed by atoms with Crippen molar-refractivity contribution in [3.63, 3.8) is 0 Å². The summed E-state index contributed by atoms with van der Waals surface area (Å²) in [4.78, 5) is 4.08. The lowest BCUT2D eigenvalue weighted by molar-refractivity contribution is 1.18. The summed E-state index contributed by atoms with van der Waals surface area (Å²) in [5, 5.41) is 21.6. The van der Waals surface area contributed by atoms with Crippen LogP contribution in [0.3, 0.4) is 0 Å². The van der Waals surface area contributed by atoms with Crippen LogP contribution in [0.1, 0.15) is 5.56 Å². The number of azo groups is 2. The lowest BCUT2D eigenvalue weighted by Crippen LogP contribution is -1.86. The number of fused-ring (bicyclic) bond motifs is 1. The van der Waals surface area contributed by atoms with Crippen LogP contribution >= 0.6 is 11.3 Å². The molecule has 0 amide bonds. The average molecular weight is 372 g/mol. The van der Waals surface area contributed by atoms with Gasteiger partial charge in [0.1, 0.15) is 0 Å². The Bertz CT molecular complexity index is 1150. The number of nitrogens with zero attached hydrogens (tertiary/aromatic N) is 5. The van der Waals surface area contributed by atoms with Gasteiger partial charge in [-0.2, -0.15) is 5.11 Å². The highest BCUT2D eigenvalue weighted by molar-refractivity contribution is 7.13. The summed E-state index contributed by atoms with van der Waals surface area (Å²) in [5.41, 5.74) is 10.1. The van der Waals surface area contributed by atoms with Gasteiger partial charge in [0.15, 0.2) is 0 Å². The van der Waals surface area contributed by atoms with E-state index in [0.29, 0.717) is 5.13 Å². The standard InChI is InChI=1S/C20H16N6S/c1-13-12-14(23-26-20-22-10-11-27-20)6-8-18(13)24-25-19-9-7-17(21)15-4-2-3-5-16(15)19/h2-12H,21H2,1H3/b25-24+,26-23+. The highest BCUT2D eigenvalue weighted by Crippen LogP contribution is 2.32. The van der Waals surface area contributed by atoms with E-state index in [9.17, 15) is 0 Å². The summed E-state index contributed by atoms with van der Waals surface area (Å²) in [7, 11) is 0. The Balaban J connectivity index is 1.61. The molecule has 0 bridgehead atoms. The van der Waals surface area contributed by atoms with Crippen LogP contribution < -0.4 is 5.73 Å². The summed E-state index contributed by atoms with van der Waals surface area (Å²) in [6, 6.07) is 17.3. The fraction of sp³-hybridized carbons (Fsp3) is 0.0500. The van der Waals surface area contributed by atoms with Crippen molar-refractivity contribution in [1.29, 1.82) is 0 Å². The predicted molar refractivity (Wildman–Crippen MR) is 110 cm³/mol. The first-order valence-corrected chi connectivity index (χ1v) is 9.19. The van der Waals surface area contributed by atoms with Crippen molar-refractivity contribution < 1.29 is 0 Å². The first-order chi connectivity index (χ1) is 13.2. The zero-order valence-corrected chi connectivity index (χ0v) is 15.4. The molecule has 1 aromatic heterocycles. The van der Waals surface area contributed by atoms with Crippen molar-refractivity contribution in [2.24, 2.45) is 20.5 Å². The molecular weight excluding hydrogens is 356 g/mol. The molecule has 0 aliphatic carbocycles. The maximum atomic E-state index is 6.04. The van der Waals surface area contributed by atoms with Gasteiger partial charge in [-0.25, -0.2) is 4.98 Å². The van der Waals surface area contributed by atoms with E-state index in [2.05, 4.69) is 25.4 Å². The Morgan fingerprint density at radius 1 is 0.852 bits per heavy atom. The normalized spacial score (nSPS) is 11.7. The van der Waals surface area contributed by atoms with Gasteiger partial charge in [-0.15, -0.1) is 26.7 Å². The number of rotatable bonds is 4. The third kappa shape index (κ3) is 3.73. The minimum Gasteiger partial charge on any atom is -0.398 e. The number of nitrogens with two attached hydrogens (primary N) is 1. The Hall–Kier alpha value is -3.45. The molecule has 0 aliphatic rings. The minimum absolute atomic E-state index is 0.631. The fourth-order valence-electron chi connectivity index (χ4n) is 2.68. The summed E-state index contributed by atoms with van der Waals surface area (Å²) in [6.07, 6.45) is 1.70. The van der Waals surface area contributed by atoms with Gasteiger partial charge in [0, 0.05) is 28.0 Å². The van der Waals surface area contributed by atoms with Crippen molar-refractivity contribution in [1.82, 2.24) is 4.98 Å². The van der Waals surface area contributed by atoms with E-state index >= 15 is 0 Å². The fourth-order valence-corrected chi connectivity index (χ4v) is 3.13. The number of aromatic nitrogens is 1. The molecule has 0 spiro atoms. The van der Waals surface area contributed by atoms with E-state index in [-0.39, 0.29) is 0 Å². The zero-order valence-electron chi connectivity index (χ0n) is 14.6. The second kappa shape index (κ2) is 7.43. The van der Waals surface area contributed by atoms with Gasteiger partial charge < -0.3 is 5.73 Å². The molecule has 0 unspecified atom stereocenters. The van der Waals surface area contributed by atoms with Gasteiger partial charge in [-0.3, -0.25) is 0 Å². The van der Waals surface area contributed by atoms with Gasteiger partial charge in [-0.1, -0.05) is 24.3 Å². The van der Waals surface area contributed by atoms with Crippen LogP contribution in [0.25, 0.3) is 10.8 Å². The molecule has 4 aromatic rings. The molecule has 0 fully saturated rings. The molecule has 132 valence electrons. The Kier molecular flexibility index (Phi) is 4.67. The summed E-state index contributed by atoms with van der Waals surface area (Å²) >= 11 is 1.44. The number of anilines is 1. The molecule has 0 atom stereocenters. The van der Waals surface area contributed by atoms with Crippen molar-refractivity contribution in [2.75, 3.05) is 5.73 Å². The van der Waals surface area contributed by atoms with Gasteiger partial charge in [0.2, 0.25) is 5.13 Å². The Morgan fingerprint density at radius 2 is 1.63 bits per heavy atom. The van der Waals surface area contributed by atoms with Crippen molar-refractivity contribution >= 4 is 50.0 Å². The maximum absolute atomic E-state index is 6.04. The number of benzene rings is 3. The Morgan fingerprint density at radius 3 is 2.41 bits per heavy atom. The van der Waals surface area contributed by atoms with Gasteiger partial charge in [-0.05, 0) is 42.8 Å². The van der Waals surface area contributed by atoms with Crippen molar-refractivity contribution in [3.05, 3.63) is 71.7 Å². The Labute approximate surface area is 160 Å². The van der Waals surface area contributed by atoms with E-state index in [1.807, 2.05) is 66.9 Å². The average Bonchev–Trinajstić information content (AvgIpc) is 3.21. The molecular formula is C20H16N6S. The van der Waals surface area contributed by atoms with Crippen molar-refractivity contribution in [3.8, 4) is 0 Å². The molecule has 0 saturated carbocycles. The van der Waals surface area contributed by atoms with Crippen LogP contribution in [0.2, 0.25) is 0 Å². The van der Waals surface area contributed by atoms with Crippen molar-refractivity contribution in [2.45, 2.75) is 6.92 Å². The SMILES string of the molecule is Cc1cc(/N=N/c2nccs2)ccc1/N=N/c1ccc(N)c2ccccc12. The molecule has 0 saturated heterocycles.